The molecule has 23 heavy (non-hydrogen) atoms. The number of hydrogen-bond acceptors (Lipinski definition) is 5. The molecule has 1 aliphatic carbocycles. The van der Waals surface area contributed by atoms with Crippen molar-refractivity contribution in [2.24, 2.45) is 0 Å². The fourth-order valence-corrected chi connectivity index (χ4v) is 3.49. The molecule has 1 aromatic rings. The lowest BCUT2D eigenvalue weighted by atomic mass is 10.2. The van der Waals surface area contributed by atoms with Gasteiger partial charge in [-0.1, -0.05) is 12.8 Å². The molecule has 0 radical (unpaired) electrons. The highest BCUT2D eigenvalue weighted by Crippen LogP contribution is 2.31. The van der Waals surface area contributed by atoms with Gasteiger partial charge in [-0.25, -0.2) is 0 Å². The summed E-state index contributed by atoms with van der Waals surface area (Å²) in [6, 6.07) is 0.392. The van der Waals surface area contributed by atoms with Gasteiger partial charge in [0, 0.05) is 32.1 Å². The number of hydrogen-bond donors (Lipinski definition) is 1. The average Bonchev–Trinajstić information content (AvgIpc) is 3.24. The van der Waals surface area contributed by atoms with Gasteiger partial charge < -0.3 is 14.6 Å². The topological polar surface area (TPSA) is 72.3 Å². The zero-order valence-corrected chi connectivity index (χ0v) is 13.9. The monoisotopic (exact) mass is 321 g/mol. The molecule has 1 saturated heterocycles. The lowest BCUT2D eigenvalue weighted by molar-refractivity contribution is -0.122. The summed E-state index contributed by atoms with van der Waals surface area (Å²) in [5.74, 6) is 0.946. The first-order valence-electron chi connectivity index (χ1n) is 8.73. The molecule has 0 unspecified atom stereocenters. The number of rotatable bonds is 6. The summed E-state index contributed by atoms with van der Waals surface area (Å²) in [5, 5.41) is 11.4. The van der Waals surface area contributed by atoms with Crippen LogP contribution in [0.2, 0.25) is 0 Å². The van der Waals surface area contributed by atoms with Crippen LogP contribution in [-0.4, -0.2) is 58.4 Å². The fourth-order valence-electron chi connectivity index (χ4n) is 3.49. The summed E-state index contributed by atoms with van der Waals surface area (Å²) in [6.45, 7) is 6.14. The number of carbonyl (C=O) groups is 1. The van der Waals surface area contributed by atoms with Gasteiger partial charge in [0.2, 0.25) is 5.91 Å². The van der Waals surface area contributed by atoms with Crippen LogP contribution in [0.15, 0.2) is 6.33 Å². The summed E-state index contributed by atoms with van der Waals surface area (Å²) in [4.78, 5) is 14.5. The van der Waals surface area contributed by atoms with Crippen molar-refractivity contribution >= 4 is 5.91 Å². The van der Waals surface area contributed by atoms with E-state index < -0.39 is 0 Å². The van der Waals surface area contributed by atoms with E-state index in [0.717, 1.165) is 38.7 Å². The van der Waals surface area contributed by atoms with Crippen LogP contribution in [0.4, 0.5) is 0 Å². The van der Waals surface area contributed by atoms with Crippen LogP contribution in [0.25, 0.3) is 0 Å². The maximum Gasteiger partial charge on any atom is 0.221 e. The number of nitrogens with one attached hydrogen (secondary N) is 1. The summed E-state index contributed by atoms with van der Waals surface area (Å²) < 4.78 is 7.47. The summed E-state index contributed by atoms with van der Waals surface area (Å²) in [7, 11) is 0. The molecule has 1 atom stereocenters. The Morgan fingerprint density at radius 2 is 2.13 bits per heavy atom. The number of morpholine rings is 1. The highest BCUT2D eigenvalue weighted by atomic mass is 16.5. The molecular weight excluding hydrogens is 294 g/mol. The summed E-state index contributed by atoms with van der Waals surface area (Å²) >= 11 is 0. The zero-order valence-electron chi connectivity index (χ0n) is 13.9. The molecule has 2 fully saturated rings. The molecule has 1 saturated carbocycles. The first kappa shape index (κ1) is 16.4. The van der Waals surface area contributed by atoms with Crippen LogP contribution in [0, 0.1) is 0 Å². The minimum atomic E-state index is -0.102. The van der Waals surface area contributed by atoms with Gasteiger partial charge >= 0.3 is 0 Å². The largest absolute Gasteiger partial charge is 0.379 e. The van der Waals surface area contributed by atoms with E-state index >= 15 is 0 Å². The molecule has 0 aromatic carbocycles. The van der Waals surface area contributed by atoms with E-state index in [2.05, 4.69) is 25.0 Å². The van der Waals surface area contributed by atoms with Crippen LogP contribution in [0.1, 0.15) is 56.9 Å². The second-order valence-corrected chi connectivity index (χ2v) is 6.53. The normalized spacial score (nSPS) is 21.4. The number of nitrogens with zero attached hydrogens (tertiary/aromatic N) is 4. The molecule has 1 amide bonds. The van der Waals surface area contributed by atoms with E-state index in [1.165, 1.54) is 25.7 Å². The molecule has 0 bridgehead atoms. The van der Waals surface area contributed by atoms with Crippen LogP contribution in [0.5, 0.6) is 0 Å². The standard InChI is InChI=1S/C16H27N5O2/c1-13(16-19-17-12-21(16)14-4-2-3-5-14)18-15(22)6-7-20-8-10-23-11-9-20/h12-14H,2-11H2,1H3,(H,18,22)/t13-/m1/s1. The van der Waals surface area contributed by atoms with Crippen molar-refractivity contribution in [2.75, 3.05) is 32.8 Å². The van der Waals surface area contributed by atoms with Gasteiger partial charge in [0.05, 0.1) is 19.3 Å². The zero-order chi connectivity index (χ0) is 16.1. The molecule has 2 heterocycles. The molecule has 1 N–H and O–H groups in total. The van der Waals surface area contributed by atoms with Gasteiger partial charge in [0.25, 0.3) is 0 Å². The van der Waals surface area contributed by atoms with Crippen molar-refractivity contribution in [3.63, 3.8) is 0 Å². The minimum Gasteiger partial charge on any atom is -0.379 e. The number of carbonyl (C=O) groups excluding carboxylic acids is 1. The van der Waals surface area contributed by atoms with Gasteiger partial charge in [-0.15, -0.1) is 10.2 Å². The molecule has 7 heteroatoms. The van der Waals surface area contributed by atoms with Gasteiger partial charge in [-0.05, 0) is 19.8 Å². The Kier molecular flexibility index (Phi) is 5.61. The van der Waals surface area contributed by atoms with E-state index in [1.807, 2.05) is 13.3 Å². The quantitative estimate of drug-likeness (QED) is 0.855. The van der Waals surface area contributed by atoms with Gasteiger partial charge in [0.1, 0.15) is 6.33 Å². The summed E-state index contributed by atoms with van der Waals surface area (Å²) in [5.41, 5.74) is 0. The molecule has 3 rings (SSSR count). The van der Waals surface area contributed by atoms with Gasteiger partial charge in [0.15, 0.2) is 5.82 Å². The number of amides is 1. The molecule has 7 nitrogen and oxygen atoms in total. The molecule has 1 aliphatic heterocycles. The average molecular weight is 321 g/mol. The number of ether oxygens (including phenoxy) is 1. The Bertz CT molecular complexity index is 506. The van der Waals surface area contributed by atoms with Crippen LogP contribution in [-0.2, 0) is 9.53 Å². The SMILES string of the molecule is C[C@@H](NC(=O)CCN1CCOCC1)c1nncn1C1CCCC1. The predicted octanol–water partition coefficient (Wildman–Crippen LogP) is 1.29. The lowest BCUT2D eigenvalue weighted by Crippen LogP contribution is -2.39. The summed E-state index contributed by atoms with van der Waals surface area (Å²) in [6.07, 6.45) is 7.22. The highest BCUT2D eigenvalue weighted by molar-refractivity contribution is 5.76. The molecule has 2 aliphatic rings. The maximum absolute atomic E-state index is 12.2. The Morgan fingerprint density at radius 3 is 2.87 bits per heavy atom. The molecule has 0 spiro atoms. The van der Waals surface area contributed by atoms with E-state index in [4.69, 9.17) is 4.74 Å². The van der Waals surface area contributed by atoms with Crippen molar-refractivity contribution in [1.29, 1.82) is 0 Å². The van der Waals surface area contributed by atoms with Gasteiger partial charge in [-0.3, -0.25) is 9.69 Å². The van der Waals surface area contributed by atoms with Crippen molar-refractivity contribution in [1.82, 2.24) is 25.0 Å². The molecule has 1 aromatic heterocycles. The smallest absolute Gasteiger partial charge is 0.221 e. The molecule has 128 valence electrons. The second kappa shape index (κ2) is 7.88. The van der Waals surface area contributed by atoms with Gasteiger partial charge in [-0.2, -0.15) is 0 Å². The van der Waals surface area contributed by atoms with Crippen molar-refractivity contribution in [3.05, 3.63) is 12.2 Å². The third-order valence-electron chi connectivity index (χ3n) is 4.84. The fraction of sp³-hybridized carbons (Fsp3) is 0.812. The predicted molar refractivity (Wildman–Crippen MR) is 86.0 cm³/mol. The van der Waals surface area contributed by atoms with Crippen LogP contribution >= 0.6 is 0 Å². The Morgan fingerprint density at radius 1 is 1.39 bits per heavy atom. The third kappa shape index (κ3) is 4.29. The van der Waals surface area contributed by atoms with Crippen molar-refractivity contribution < 1.29 is 9.53 Å². The lowest BCUT2D eigenvalue weighted by Gasteiger charge is -2.26. The Balaban J connectivity index is 1.49. The number of aromatic nitrogens is 3. The van der Waals surface area contributed by atoms with E-state index in [9.17, 15) is 4.79 Å². The minimum absolute atomic E-state index is 0.0740. The van der Waals surface area contributed by atoms with E-state index in [0.29, 0.717) is 12.5 Å². The van der Waals surface area contributed by atoms with E-state index in [-0.39, 0.29) is 11.9 Å². The third-order valence-corrected chi connectivity index (χ3v) is 4.84. The first-order chi connectivity index (χ1) is 11.2. The van der Waals surface area contributed by atoms with Crippen molar-refractivity contribution in [2.45, 2.75) is 51.1 Å². The molecular formula is C16H27N5O2. The highest BCUT2D eigenvalue weighted by Gasteiger charge is 2.23. The van der Waals surface area contributed by atoms with Crippen LogP contribution < -0.4 is 5.32 Å². The van der Waals surface area contributed by atoms with E-state index in [1.54, 1.807) is 0 Å². The second-order valence-electron chi connectivity index (χ2n) is 6.53. The Labute approximate surface area is 137 Å². The van der Waals surface area contributed by atoms with Crippen molar-refractivity contribution in [3.8, 4) is 0 Å². The first-order valence-corrected chi connectivity index (χ1v) is 8.73. The van der Waals surface area contributed by atoms with Crippen LogP contribution in [0.3, 0.4) is 0 Å². The Hall–Kier alpha value is -1.47. The maximum atomic E-state index is 12.2.